The molecule has 3 atom stereocenters. The quantitative estimate of drug-likeness (QED) is 0.734. The molecule has 0 spiro atoms. The SMILES string of the molecule is COc1cc(Cl)ccc1C(=O)N1C[C@@H]2CN(C)[C@@H](c3ccccc3C)[C@@H]2C1.Cl. The lowest BCUT2D eigenvalue weighted by Gasteiger charge is -2.28. The first kappa shape index (κ1) is 21.0. The number of carbonyl (C=O) groups excluding carboxylic acids is 1. The Hall–Kier alpha value is -1.75. The third-order valence-corrected chi connectivity index (χ3v) is 6.32. The van der Waals surface area contributed by atoms with Gasteiger partial charge in [0.25, 0.3) is 5.91 Å². The molecule has 0 saturated carbocycles. The van der Waals surface area contributed by atoms with Gasteiger partial charge in [0.1, 0.15) is 5.75 Å². The number of amides is 1. The van der Waals surface area contributed by atoms with Gasteiger partial charge in [-0.15, -0.1) is 12.4 Å². The summed E-state index contributed by atoms with van der Waals surface area (Å²) in [6.45, 7) is 4.76. The highest BCUT2D eigenvalue weighted by Gasteiger charge is 2.47. The Kier molecular flexibility index (Phi) is 6.23. The fourth-order valence-corrected chi connectivity index (χ4v) is 4.98. The zero-order chi connectivity index (χ0) is 19.1. The molecule has 6 heteroatoms. The molecule has 28 heavy (non-hydrogen) atoms. The molecule has 2 heterocycles. The van der Waals surface area contributed by atoms with Crippen LogP contribution in [-0.4, -0.2) is 49.5 Å². The zero-order valence-electron chi connectivity index (χ0n) is 16.4. The number of hydrogen-bond acceptors (Lipinski definition) is 3. The van der Waals surface area contributed by atoms with E-state index < -0.39 is 0 Å². The molecule has 0 aliphatic carbocycles. The molecule has 2 aromatic rings. The minimum absolute atomic E-state index is 0. The van der Waals surface area contributed by atoms with Gasteiger partial charge < -0.3 is 9.64 Å². The van der Waals surface area contributed by atoms with Gasteiger partial charge in [-0.25, -0.2) is 0 Å². The number of hydrogen-bond donors (Lipinski definition) is 0. The largest absolute Gasteiger partial charge is 0.496 e. The standard InChI is InChI=1S/C22H25ClN2O2.ClH/c1-14-6-4-5-7-17(14)21-19-13-25(12-15(19)11-24(21)2)22(26)18-9-8-16(23)10-20(18)27-3;/h4-10,15,19,21H,11-13H2,1-3H3;1H/t15-,19+,21-;/m0./s1. The number of benzene rings is 2. The van der Waals surface area contributed by atoms with Crippen LogP contribution in [0.25, 0.3) is 0 Å². The van der Waals surface area contributed by atoms with Crippen molar-refractivity contribution < 1.29 is 9.53 Å². The molecule has 0 N–H and O–H groups in total. The summed E-state index contributed by atoms with van der Waals surface area (Å²) in [5, 5.41) is 0.572. The van der Waals surface area contributed by atoms with Gasteiger partial charge in [-0.2, -0.15) is 0 Å². The van der Waals surface area contributed by atoms with Crippen LogP contribution < -0.4 is 4.74 Å². The van der Waals surface area contributed by atoms with Crippen LogP contribution in [0.15, 0.2) is 42.5 Å². The molecule has 4 nitrogen and oxygen atoms in total. The number of likely N-dealkylation sites (tertiary alicyclic amines) is 2. The number of methoxy groups -OCH3 is 1. The van der Waals surface area contributed by atoms with Crippen molar-refractivity contribution in [1.82, 2.24) is 9.80 Å². The van der Waals surface area contributed by atoms with E-state index in [1.165, 1.54) is 11.1 Å². The van der Waals surface area contributed by atoms with Crippen molar-refractivity contribution in [2.75, 3.05) is 33.8 Å². The Morgan fingerprint density at radius 2 is 1.89 bits per heavy atom. The predicted octanol–water partition coefficient (Wildman–Crippen LogP) is 4.45. The van der Waals surface area contributed by atoms with E-state index in [1.54, 1.807) is 25.3 Å². The van der Waals surface area contributed by atoms with E-state index in [9.17, 15) is 4.79 Å². The minimum atomic E-state index is 0. The second-order valence-electron chi connectivity index (χ2n) is 7.72. The van der Waals surface area contributed by atoms with Crippen molar-refractivity contribution in [1.29, 1.82) is 0 Å². The summed E-state index contributed by atoms with van der Waals surface area (Å²) in [5.74, 6) is 1.53. The number of nitrogens with zero attached hydrogens (tertiary/aromatic N) is 2. The smallest absolute Gasteiger partial charge is 0.257 e. The molecule has 2 aliphatic rings. The Morgan fingerprint density at radius 1 is 1.14 bits per heavy atom. The molecule has 2 aliphatic heterocycles. The van der Waals surface area contributed by atoms with Gasteiger partial charge in [0.2, 0.25) is 0 Å². The Morgan fingerprint density at radius 3 is 2.61 bits per heavy atom. The highest BCUT2D eigenvalue weighted by atomic mass is 35.5. The molecule has 150 valence electrons. The van der Waals surface area contributed by atoms with Crippen LogP contribution in [0.4, 0.5) is 0 Å². The van der Waals surface area contributed by atoms with Crippen LogP contribution in [0.2, 0.25) is 5.02 Å². The van der Waals surface area contributed by atoms with E-state index in [0.29, 0.717) is 34.2 Å². The normalized spacial score (nSPS) is 24.0. The van der Waals surface area contributed by atoms with Gasteiger partial charge in [-0.05, 0) is 49.2 Å². The molecule has 1 amide bonds. The second-order valence-corrected chi connectivity index (χ2v) is 8.16. The Labute approximate surface area is 177 Å². The van der Waals surface area contributed by atoms with Crippen molar-refractivity contribution in [3.63, 3.8) is 0 Å². The second kappa shape index (κ2) is 8.32. The fourth-order valence-electron chi connectivity index (χ4n) is 4.82. The lowest BCUT2D eigenvalue weighted by Crippen LogP contribution is -2.33. The van der Waals surface area contributed by atoms with Gasteiger partial charge in [0, 0.05) is 36.6 Å². The Bertz CT molecular complexity index is 873. The molecule has 0 unspecified atom stereocenters. The summed E-state index contributed by atoms with van der Waals surface area (Å²) in [6.07, 6.45) is 0. The van der Waals surface area contributed by atoms with E-state index in [1.807, 2.05) is 4.90 Å². The summed E-state index contributed by atoms with van der Waals surface area (Å²) < 4.78 is 5.38. The van der Waals surface area contributed by atoms with Crippen LogP contribution in [0.3, 0.4) is 0 Å². The van der Waals surface area contributed by atoms with Crippen LogP contribution in [0, 0.1) is 18.8 Å². The predicted molar refractivity (Wildman–Crippen MR) is 115 cm³/mol. The maximum Gasteiger partial charge on any atom is 0.257 e. The topological polar surface area (TPSA) is 32.8 Å². The van der Waals surface area contributed by atoms with Crippen LogP contribution >= 0.6 is 24.0 Å². The third kappa shape index (κ3) is 3.61. The average molecular weight is 421 g/mol. The van der Waals surface area contributed by atoms with Crippen LogP contribution in [0.5, 0.6) is 5.75 Å². The minimum Gasteiger partial charge on any atom is -0.496 e. The van der Waals surface area contributed by atoms with Gasteiger partial charge in [-0.1, -0.05) is 35.9 Å². The van der Waals surface area contributed by atoms with E-state index in [-0.39, 0.29) is 18.3 Å². The van der Waals surface area contributed by atoms with Crippen molar-refractivity contribution >= 4 is 29.9 Å². The van der Waals surface area contributed by atoms with E-state index in [2.05, 4.69) is 43.1 Å². The summed E-state index contributed by atoms with van der Waals surface area (Å²) in [7, 11) is 3.77. The van der Waals surface area contributed by atoms with Gasteiger partial charge in [0.05, 0.1) is 12.7 Å². The highest BCUT2D eigenvalue weighted by molar-refractivity contribution is 6.30. The van der Waals surface area contributed by atoms with E-state index in [4.69, 9.17) is 16.3 Å². The monoisotopic (exact) mass is 420 g/mol. The molecule has 2 aromatic carbocycles. The fraction of sp³-hybridized carbons (Fsp3) is 0.409. The van der Waals surface area contributed by atoms with Crippen molar-refractivity contribution in [3.05, 3.63) is 64.2 Å². The summed E-state index contributed by atoms with van der Waals surface area (Å²) in [4.78, 5) is 17.6. The first-order valence-corrected chi connectivity index (χ1v) is 9.76. The molecule has 0 radical (unpaired) electrons. The molecule has 4 rings (SSSR count). The summed E-state index contributed by atoms with van der Waals surface area (Å²) in [5.41, 5.74) is 3.28. The number of aryl methyl sites for hydroxylation is 1. The zero-order valence-corrected chi connectivity index (χ0v) is 18.0. The van der Waals surface area contributed by atoms with Crippen molar-refractivity contribution in [2.24, 2.45) is 11.8 Å². The summed E-state index contributed by atoms with van der Waals surface area (Å²) in [6, 6.07) is 14.2. The molecule has 0 bridgehead atoms. The number of fused-ring (bicyclic) bond motifs is 1. The number of rotatable bonds is 3. The van der Waals surface area contributed by atoms with Crippen molar-refractivity contribution in [3.8, 4) is 5.75 Å². The number of ether oxygens (including phenoxy) is 1. The molecule has 0 aromatic heterocycles. The summed E-state index contributed by atoms with van der Waals surface area (Å²) >= 11 is 6.05. The van der Waals surface area contributed by atoms with E-state index >= 15 is 0 Å². The number of halogens is 2. The lowest BCUT2D eigenvalue weighted by atomic mass is 9.88. The van der Waals surface area contributed by atoms with Crippen LogP contribution in [-0.2, 0) is 0 Å². The van der Waals surface area contributed by atoms with E-state index in [0.717, 1.165) is 19.6 Å². The van der Waals surface area contributed by atoms with Gasteiger partial charge in [0.15, 0.2) is 0 Å². The molecule has 2 fully saturated rings. The van der Waals surface area contributed by atoms with Crippen molar-refractivity contribution in [2.45, 2.75) is 13.0 Å². The highest BCUT2D eigenvalue weighted by Crippen LogP contribution is 2.45. The molecular weight excluding hydrogens is 395 g/mol. The lowest BCUT2D eigenvalue weighted by molar-refractivity contribution is 0.0764. The first-order valence-electron chi connectivity index (χ1n) is 9.38. The Balaban J connectivity index is 0.00000225. The maximum atomic E-state index is 13.1. The third-order valence-electron chi connectivity index (χ3n) is 6.08. The number of carbonyl (C=O) groups is 1. The molecular formula is C22H26Cl2N2O2. The van der Waals surface area contributed by atoms with Gasteiger partial charge in [-0.3, -0.25) is 9.69 Å². The molecule has 2 saturated heterocycles. The first-order chi connectivity index (χ1) is 13.0. The van der Waals surface area contributed by atoms with Crippen LogP contribution in [0.1, 0.15) is 27.5 Å². The maximum absolute atomic E-state index is 13.1. The van der Waals surface area contributed by atoms with Gasteiger partial charge >= 0.3 is 0 Å². The average Bonchev–Trinajstić information content (AvgIpc) is 3.18.